The lowest BCUT2D eigenvalue weighted by molar-refractivity contribution is 0.0636. The van der Waals surface area contributed by atoms with E-state index in [0.29, 0.717) is 25.3 Å². The summed E-state index contributed by atoms with van der Waals surface area (Å²) in [5.74, 6) is 2.39. The van der Waals surface area contributed by atoms with Crippen LogP contribution in [0.4, 0.5) is 0 Å². The summed E-state index contributed by atoms with van der Waals surface area (Å²) in [6, 6.07) is 33.5. The molecular formula is C40H48N4O3. The van der Waals surface area contributed by atoms with Crippen LogP contribution in [0.5, 0.6) is 11.5 Å². The molecule has 0 radical (unpaired) electrons. The Balaban J connectivity index is 1.37. The third-order valence-corrected chi connectivity index (χ3v) is 8.58. The Bertz CT molecular complexity index is 1650. The van der Waals surface area contributed by atoms with E-state index in [1.807, 2.05) is 95.9 Å². The van der Waals surface area contributed by atoms with E-state index in [-0.39, 0.29) is 11.9 Å². The molecule has 1 aromatic heterocycles. The van der Waals surface area contributed by atoms with Crippen molar-refractivity contribution in [2.24, 2.45) is 0 Å². The zero-order valence-electron chi connectivity index (χ0n) is 28.0. The first-order chi connectivity index (χ1) is 23.1. The van der Waals surface area contributed by atoms with Crippen molar-refractivity contribution in [2.75, 3.05) is 26.2 Å². The Morgan fingerprint density at radius 2 is 1.49 bits per heavy atom. The lowest BCUT2D eigenvalue weighted by atomic mass is 10.0. The van der Waals surface area contributed by atoms with Gasteiger partial charge in [-0.1, -0.05) is 94.3 Å². The van der Waals surface area contributed by atoms with E-state index in [1.165, 1.54) is 0 Å². The van der Waals surface area contributed by atoms with Crippen molar-refractivity contribution >= 4 is 16.9 Å². The number of imidazole rings is 1. The highest BCUT2D eigenvalue weighted by atomic mass is 16.5. The number of hydrogen-bond donors (Lipinski definition) is 1. The Morgan fingerprint density at radius 1 is 0.787 bits per heavy atom. The van der Waals surface area contributed by atoms with Gasteiger partial charge in [-0.05, 0) is 73.5 Å². The molecule has 0 aliphatic carbocycles. The van der Waals surface area contributed by atoms with E-state index in [0.717, 1.165) is 84.8 Å². The zero-order valence-corrected chi connectivity index (χ0v) is 28.0. The van der Waals surface area contributed by atoms with Gasteiger partial charge < -0.3 is 24.3 Å². The predicted molar refractivity (Wildman–Crippen MR) is 190 cm³/mol. The Hall–Kier alpha value is -4.62. The largest absolute Gasteiger partial charge is 0.493 e. The lowest BCUT2D eigenvalue weighted by Gasteiger charge is -2.31. The van der Waals surface area contributed by atoms with Crippen molar-refractivity contribution in [3.05, 3.63) is 126 Å². The molecule has 1 N–H and O–H groups in total. The molecule has 1 amide bonds. The van der Waals surface area contributed by atoms with Gasteiger partial charge in [-0.25, -0.2) is 4.98 Å². The molecule has 0 aliphatic heterocycles. The number of carbonyl (C=O) groups is 1. The molecule has 1 unspecified atom stereocenters. The van der Waals surface area contributed by atoms with E-state index in [4.69, 9.17) is 14.5 Å². The van der Waals surface area contributed by atoms with Crippen molar-refractivity contribution in [1.29, 1.82) is 0 Å². The number of nitrogens with one attached hydrogen (secondary N) is 1. The summed E-state index contributed by atoms with van der Waals surface area (Å²) in [5, 5.41) is 0. The SMILES string of the molecule is CCCCC(c1nc2ccc(OCCCN(CC)CC)cc2[nH]1)N(Cc1ccc(OCc2ccccc2)cc1)C(=O)c1ccccc1. The Morgan fingerprint density at radius 3 is 2.19 bits per heavy atom. The van der Waals surface area contributed by atoms with Gasteiger partial charge in [-0.3, -0.25) is 4.79 Å². The summed E-state index contributed by atoms with van der Waals surface area (Å²) in [4.78, 5) is 27.2. The quantitative estimate of drug-likeness (QED) is 0.0978. The van der Waals surface area contributed by atoms with Crippen LogP contribution in [0.25, 0.3) is 11.0 Å². The summed E-state index contributed by atoms with van der Waals surface area (Å²) < 4.78 is 12.1. The summed E-state index contributed by atoms with van der Waals surface area (Å²) in [6.07, 6.45) is 3.75. The van der Waals surface area contributed by atoms with Crippen LogP contribution in [-0.4, -0.2) is 51.9 Å². The molecule has 5 aromatic rings. The van der Waals surface area contributed by atoms with E-state index in [9.17, 15) is 4.79 Å². The highest BCUT2D eigenvalue weighted by molar-refractivity contribution is 5.94. The molecule has 0 fully saturated rings. The first-order valence-electron chi connectivity index (χ1n) is 17.0. The standard InChI is InChI=1S/C40H48N4O3/c1-4-7-19-38(39-41-36-25-24-35(28-37(36)42-39)46-27-14-26-43(5-2)6-3)44(40(45)33-17-12-9-13-18-33)29-31-20-22-34(23-21-31)47-30-32-15-10-8-11-16-32/h8-13,15-18,20-25,28,38H,4-7,14,19,26-27,29-30H2,1-3H3,(H,41,42). The van der Waals surface area contributed by atoms with Gasteiger partial charge in [0.15, 0.2) is 0 Å². The minimum absolute atomic E-state index is 0.0196. The highest BCUT2D eigenvalue weighted by Crippen LogP contribution is 2.31. The maximum Gasteiger partial charge on any atom is 0.254 e. The van der Waals surface area contributed by atoms with E-state index in [2.05, 4.69) is 42.8 Å². The molecule has 0 spiro atoms. The number of fused-ring (bicyclic) bond motifs is 1. The van der Waals surface area contributed by atoms with Gasteiger partial charge >= 0.3 is 0 Å². The van der Waals surface area contributed by atoms with Gasteiger partial charge in [-0.15, -0.1) is 0 Å². The minimum atomic E-state index is -0.234. The molecule has 1 atom stereocenters. The normalized spacial score (nSPS) is 11.9. The molecule has 7 nitrogen and oxygen atoms in total. The molecule has 4 aromatic carbocycles. The van der Waals surface area contributed by atoms with E-state index in [1.54, 1.807) is 0 Å². The number of hydrogen-bond acceptors (Lipinski definition) is 5. The molecule has 47 heavy (non-hydrogen) atoms. The third kappa shape index (κ3) is 9.46. The molecule has 5 rings (SSSR count). The van der Waals surface area contributed by atoms with Crippen LogP contribution >= 0.6 is 0 Å². The average Bonchev–Trinajstić information content (AvgIpc) is 3.55. The second-order valence-electron chi connectivity index (χ2n) is 11.9. The molecule has 0 saturated heterocycles. The second-order valence-corrected chi connectivity index (χ2v) is 11.9. The van der Waals surface area contributed by atoms with Crippen molar-refractivity contribution < 1.29 is 14.3 Å². The van der Waals surface area contributed by atoms with Crippen LogP contribution in [0.3, 0.4) is 0 Å². The number of H-pyrrole nitrogens is 1. The fraction of sp³-hybridized carbons (Fsp3) is 0.350. The lowest BCUT2D eigenvalue weighted by Crippen LogP contribution is -2.35. The number of nitrogens with zero attached hydrogens (tertiary/aromatic N) is 3. The molecule has 0 aliphatic rings. The molecule has 1 heterocycles. The van der Waals surface area contributed by atoms with Gasteiger partial charge in [0.25, 0.3) is 5.91 Å². The first-order valence-corrected chi connectivity index (χ1v) is 17.0. The Kier molecular flexibility index (Phi) is 12.4. The molecule has 7 heteroatoms. The van der Waals surface area contributed by atoms with Crippen LogP contribution in [0.1, 0.15) is 79.8 Å². The van der Waals surface area contributed by atoms with Crippen molar-refractivity contribution in [3.63, 3.8) is 0 Å². The highest BCUT2D eigenvalue weighted by Gasteiger charge is 2.28. The number of ether oxygens (including phenoxy) is 2. The topological polar surface area (TPSA) is 70.7 Å². The van der Waals surface area contributed by atoms with Gasteiger partial charge in [-0.2, -0.15) is 0 Å². The average molecular weight is 633 g/mol. The summed E-state index contributed by atoms with van der Waals surface area (Å²) in [6.45, 7) is 11.3. The van der Waals surface area contributed by atoms with Crippen LogP contribution in [0, 0.1) is 0 Å². The van der Waals surface area contributed by atoms with Crippen molar-refractivity contribution in [2.45, 2.75) is 65.6 Å². The molecule has 0 saturated carbocycles. The number of aromatic amines is 1. The third-order valence-electron chi connectivity index (χ3n) is 8.58. The van der Waals surface area contributed by atoms with Crippen LogP contribution in [0.2, 0.25) is 0 Å². The number of unbranched alkanes of at least 4 members (excludes halogenated alkanes) is 1. The molecular weight excluding hydrogens is 584 g/mol. The number of carbonyl (C=O) groups excluding carboxylic acids is 1. The van der Waals surface area contributed by atoms with Crippen molar-refractivity contribution in [1.82, 2.24) is 19.8 Å². The zero-order chi connectivity index (χ0) is 32.8. The summed E-state index contributed by atoms with van der Waals surface area (Å²) in [5.41, 5.74) is 4.58. The van der Waals surface area contributed by atoms with Gasteiger partial charge in [0.2, 0.25) is 0 Å². The van der Waals surface area contributed by atoms with Gasteiger partial charge in [0.05, 0.1) is 23.7 Å². The van der Waals surface area contributed by atoms with E-state index >= 15 is 0 Å². The van der Waals surface area contributed by atoms with Gasteiger partial charge in [0, 0.05) is 24.7 Å². The summed E-state index contributed by atoms with van der Waals surface area (Å²) >= 11 is 0. The fourth-order valence-corrected chi connectivity index (χ4v) is 5.81. The smallest absolute Gasteiger partial charge is 0.254 e. The maximum absolute atomic E-state index is 14.2. The molecule has 246 valence electrons. The monoisotopic (exact) mass is 632 g/mol. The maximum atomic E-state index is 14.2. The second kappa shape index (κ2) is 17.3. The van der Waals surface area contributed by atoms with Crippen molar-refractivity contribution in [3.8, 4) is 11.5 Å². The minimum Gasteiger partial charge on any atom is -0.493 e. The van der Waals surface area contributed by atoms with Crippen LogP contribution < -0.4 is 9.47 Å². The fourth-order valence-electron chi connectivity index (χ4n) is 5.81. The number of amides is 1. The number of aromatic nitrogens is 2. The van der Waals surface area contributed by atoms with Gasteiger partial charge in [0.1, 0.15) is 23.9 Å². The Labute approximate surface area is 279 Å². The van der Waals surface area contributed by atoms with Crippen LogP contribution in [-0.2, 0) is 13.2 Å². The predicted octanol–water partition coefficient (Wildman–Crippen LogP) is 8.83. The molecule has 0 bridgehead atoms. The number of rotatable bonds is 18. The van der Waals surface area contributed by atoms with E-state index < -0.39 is 0 Å². The summed E-state index contributed by atoms with van der Waals surface area (Å²) in [7, 11) is 0. The first kappa shape index (κ1) is 33.7. The number of benzene rings is 4. The van der Waals surface area contributed by atoms with Crippen LogP contribution in [0.15, 0.2) is 103 Å².